The fourth-order valence-corrected chi connectivity index (χ4v) is 3.72. The first-order valence-corrected chi connectivity index (χ1v) is 11.3. The van der Waals surface area contributed by atoms with Gasteiger partial charge in [0.05, 0.1) is 22.2 Å². The van der Waals surface area contributed by atoms with Gasteiger partial charge >= 0.3 is 6.01 Å². The molecule has 4 rings (SSSR count). The van der Waals surface area contributed by atoms with Gasteiger partial charge in [-0.1, -0.05) is 13.8 Å². The van der Waals surface area contributed by atoms with Crippen molar-refractivity contribution in [1.29, 1.82) is 0 Å². The van der Waals surface area contributed by atoms with Gasteiger partial charge in [0.1, 0.15) is 5.75 Å². The largest absolute Gasteiger partial charge is 0.424 e. The van der Waals surface area contributed by atoms with Crippen LogP contribution in [0.5, 0.6) is 11.8 Å². The van der Waals surface area contributed by atoms with Gasteiger partial charge in [-0.3, -0.25) is 4.79 Å². The van der Waals surface area contributed by atoms with Crippen LogP contribution in [0.4, 0.5) is 5.69 Å². The van der Waals surface area contributed by atoms with Crippen molar-refractivity contribution in [1.82, 2.24) is 24.7 Å². The summed E-state index contributed by atoms with van der Waals surface area (Å²) in [4.78, 5) is 26.5. The van der Waals surface area contributed by atoms with Crippen LogP contribution in [0.2, 0.25) is 0 Å². The molecule has 4 aromatic rings. The number of aryl methyl sites for hydroxylation is 2. The van der Waals surface area contributed by atoms with E-state index in [9.17, 15) is 4.79 Å². The normalized spacial score (nSPS) is 11.8. The first kappa shape index (κ1) is 23.4. The number of aromatic nitrogens is 5. The summed E-state index contributed by atoms with van der Waals surface area (Å²) in [6.45, 7) is 14.2. The molecular weight excluding hydrogens is 428 g/mol. The zero-order valence-electron chi connectivity index (χ0n) is 20.7. The lowest BCUT2D eigenvalue weighted by atomic mass is 10.0. The average molecular weight is 459 g/mol. The highest BCUT2D eigenvalue weighted by Gasteiger charge is 2.25. The molecule has 0 bridgehead atoms. The van der Waals surface area contributed by atoms with Gasteiger partial charge in [-0.25, -0.2) is 19.6 Å². The minimum absolute atomic E-state index is 0.165. The first-order valence-electron chi connectivity index (χ1n) is 11.3. The Labute approximate surface area is 199 Å². The molecule has 1 N–H and O–H groups in total. The zero-order valence-corrected chi connectivity index (χ0v) is 20.7. The maximum Gasteiger partial charge on any atom is 0.321 e. The van der Waals surface area contributed by atoms with E-state index in [4.69, 9.17) is 14.8 Å². The van der Waals surface area contributed by atoms with Gasteiger partial charge in [-0.2, -0.15) is 5.10 Å². The first-order chi connectivity index (χ1) is 16.0. The SMILES string of the molecule is Cc1cc(Oc2ncccn2)ccc1NC(=O)c1cc(C(C)C)nc2c1c(C)nn2C(C)(C)C. The van der Waals surface area contributed by atoms with E-state index in [0.717, 1.165) is 28.0 Å². The summed E-state index contributed by atoms with van der Waals surface area (Å²) in [5.74, 6) is 0.560. The second-order valence-corrected chi connectivity index (χ2v) is 9.68. The number of nitrogens with zero attached hydrogens (tertiary/aromatic N) is 5. The summed E-state index contributed by atoms with van der Waals surface area (Å²) in [5.41, 5.74) is 4.22. The summed E-state index contributed by atoms with van der Waals surface area (Å²) < 4.78 is 7.61. The number of anilines is 1. The molecule has 0 saturated heterocycles. The van der Waals surface area contributed by atoms with Crippen molar-refractivity contribution in [3.63, 3.8) is 0 Å². The molecule has 3 heterocycles. The van der Waals surface area contributed by atoms with Crippen molar-refractivity contribution >= 4 is 22.6 Å². The van der Waals surface area contributed by atoms with E-state index in [1.807, 2.05) is 36.7 Å². The molecule has 8 nitrogen and oxygen atoms in total. The minimum atomic E-state index is -0.266. The van der Waals surface area contributed by atoms with Gasteiger partial charge < -0.3 is 10.1 Å². The second-order valence-electron chi connectivity index (χ2n) is 9.68. The molecule has 8 heteroatoms. The number of carbonyl (C=O) groups excluding carboxylic acids is 1. The number of nitrogens with one attached hydrogen (secondary N) is 1. The Kier molecular flexibility index (Phi) is 6.08. The van der Waals surface area contributed by atoms with Gasteiger partial charge in [0.15, 0.2) is 5.65 Å². The lowest BCUT2D eigenvalue weighted by Gasteiger charge is -2.20. The number of rotatable bonds is 5. The number of carbonyl (C=O) groups is 1. The molecule has 0 fully saturated rings. The zero-order chi connectivity index (χ0) is 24.6. The predicted octanol–water partition coefficient (Wildman–Crippen LogP) is 5.76. The van der Waals surface area contributed by atoms with E-state index in [-0.39, 0.29) is 23.4 Å². The quantitative estimate of drug-likeness (QED) is 0.408. The molecule has 0 saturated carbocycles. The topological polar surface area (TPSA) is 94.8 Å². The molecule has 34 heavy (non-hydrogen) atoms. The van der Waals surface area contributed by atoms with Crippen LogP contribution < -0.4 is 10.1 Å². The molecule has 0 radical (unpaired) electrons. The Morgan fingerprint density at radius 2 is 1.79 bits per heavy atom. The Morgan fingerprint density at radius 3 is 2.41 bits per heavy atom. The predicted molar refractivity (Wildman–Crippen MR) is 133 cm³/mol. The van der Waals surface area contributed by atoms with E-state index in [1.165, 1.54) is 0 Å². The van der Waals surface area contributed by atoms with E-state index in [0.29, 0.717) is 17.0 Å². The number of fused-ring (bicyclic) bond motifs is 1. The third-order valence-electron chi connectivity index (χ3n) is 5.50. The highest BCUT2D eigenvalue weighted by Crippen LogP contribution is 2.30. The number of benzene rings is 1. The lowest BCUT2D eigenvalue weighted by Crippen LogP contribution is -2.24. The Morgan fingerprint density at radius 1 is 1.09 bits per heavy atom. The Hall–Kier alpha value is -3.81. The average Bonchev–Trinajstić information content (AvgIpc) is 3.12. The molecule has 0 spiro atoms. The summed E-state index contributed by atoms with van der Waals surface area (Å²) in [7, 11) is 0. The Bertz CT molecular complexity index is 1350. The fourth-order valence-electron chi connectivity index (χ4n) is 3.72. The number of ether oxygens (including phenoxy) is 1. The van der Waals surface area contributed by atoms with Crippen LogP contribution in [0.3, 0.4) is 0 Å². The van der Waals surface area contributed by atoms with Gasteiger partial charge in [0.2, 0.25) is 0 Å². The standard InChI is InChI=1S/C26H30N6O2/c1-15(2)21-14-19(22-17(4)31-32(23(22)29-21)26(5,6)7)24(33)30-20-10-9-18(13-16(20)3)34-25-27-11-8-12-28-25/h8-15H,1-7H3,(H,30,33). The molecule has 3 aromatic heterocycles. The highest BCUT2D eigenvalue weighted by atomic mass is 16.5. The number of amides is 1. The van der Waals surface area contributed by atoms with E-state index >= 15 is 0 Å². The molecule has 0 aliphatic carbocycles. The summed E-state index contributed by atoms with van der Waals surface area (Å²) in [6.07, 6.45) is 3.24. The molecular formula is C26H30N6O2. The van der Waals surface area contributed by atoms with Crippen LogP contribution in [0.1, 0.15) is 67.8 Å². The van der Waals surface area contributed by atoms with Gasteiger partial charge in [0.25, 0.3) is 5.91 Å². The molecule has 0 aliphatic heterocycles. The maximum atomic E-state index is 13.5. The van der Waals surface area contributed by atoms with Crippen LogP contribution >= 0.6 is 0 Å². The van der Waals surface area contributed by atoms with Crippen LogP contribution in [0, 0.1) is 13.8 Å². The molecule has 176 valence electrons. The van der Waals surface area contributed by atoms with Crippen LogP contribution in [0.15, 0.2) is 42.7 Å². The fraction of sp³-hybridized carbons (Fsp3) is 0.346. The van der Waals surface area contributed by atoms with Gasteiger partial charge in [-0.05, 0) is 76.4 Å². The van der Waals surface area contributed by atoms with Crippen molar-refractivity contribution in [3.05, 3.63) is 65.2 Å². The van der Waals surface area contributed by atoms with Crippen molar-refractivity contribution in [2.24, 2.45) is 0 Å². The summed E-state index contributed by atoms with van der Waals surface area (Å²) in [6, 6.07) is 9.32. The molecule has 1 amide bonds. The number of pyridine rings is 1. The minimum Gasteiger partial charge on any atom is -0.424 e. The summed E-state index contributed by atoms with van der Waals surface area (Å²) >= 11 is 0. The van der Waals surface area contributed by atoms with Gasteiger partial charge in [-0.15, -0.1) is 0 Å². The van der Waals surface area contributed by atoms with Crippen molar-refractivity contribution in [3.8, 4) is 11.8 Å². The van der Waals surface area contributed by atoms with Gasteiger partial charge in [0, 0.05) is 23.8 Å². The maximum absolute atomic E-state index is 13.5. The number of hydrogen-bond donors (Lipinski definition) is 1. The molecule has 1 aromatic carbocycles. The van der Waals surface area contributed by atoms with Crippen LogP contribution in [-0.4, -0.2) is 30.6 Å². The van der Waals surface area contributed by atoms with E-state index < -0.39 is 0 Å². The van der Waals surface area contributed by atoms with Crippen LogP contribution in [0.25, 0.3) is 11.0 Å². The molecule has 0 atom stereocenters. The van der Waals surface area contributed by atoms with E-state index in [1.54, 1.807) is 24.5 Å². The second kappa shape index (κ2) is 8.85. The van der Waals surface area contributed by atoms with Crippen molar-refractivity contribution in [2.45, 2.75) is 59.9 Å². The molecule has 0 aliphatic rings. The Balaban J connectivity index is 1.70. The number of hydrogen-bond acceptors (Lipinski definition) is 6. The monoisotopic (exact) mass is 458 g/mol. The summed E-state index contributed by atoms with van der Waals surface area (Å²) in [5, 5.41) is 8.56. The molecule has 0 unspecified atom stereocenters. The third kappa shape index (κ3) is 4.62. The third-order valence-corrected chi connectivity index (χ3v) is 5.50. The van der Waals surface area contributed by atoms with Crippen molar-refractivity contribution in [2.75, 3.05) is 5.32 Å². The lowest BCUT2D eigenvalue weighted by molar-refractivity contribution is 0.102. The van der Waals surface area contributed by atoms with Crippen molar-refractivity contribution < 1.29 is 9.53 Å². The smallest absolute Gasteiger partial charge is 0.321 e. The van der Waals surface area contributed by atoms with Crippen LogP contribution in [-0.2, 0) is 5.54 Å². The van der Waals surface area contributed by atoms with E-state index in [2.05, 4.69) is 49.9 Å². The highest BCUT2D eigenvalue weighted by molar-refractivity contribution is 6.13.